The lowest BCUT2D eigenvalue weighted by Gasteiger charge is -2.08. The summed E-state index contributed by atoms with van der Waals surface area (Å²) in [4.78, 5) is 34.3. The Morgan fingerprint density at radius 1 is 0.872 bits per heavy atom. The molecule has 11 heteroatoms. The second-order valence-electron chi connectivity index (χ2n) is 8.07. The van der Waals surface area contributed by atoms with Gasteiger partial charge in [0.25, 0.3) is 0 Å². The second kappa shape index (κ2) is 12.7. The van der Waals surface area contributed by atoms with Gasteiger partial charge < -0.3 is 24.2 Å². The van der Waals surface area contributed by atoms with Gasteiger partial charge in [-0.05, 0) is 85.0 Å². The fourth-order valence-electron chi connectivity index (χ4n) is 4.02. The van der Waals surface area contributed by atoms with Crippen LogP contribution in [-0.4, -0.2) is 47.2 Å². The Labute approximate surface area is 248 Å². The number of nitrogens with one attached hydrogen (secondary N) is 2. The largest absolute Gasteiger partial charge is 0.481 e. The Balaban J connectivity index is 0.000000193. The molecule has 39 heavy (non-hydrogen) atoms. The van der Waals surface area contributed by atoms with E-state index in [-0.39, 0.29) is 5.97 Å². The van der Waals surface area contributed by atoms with E-state index in [1.54, 1.807) is 44.3 Å². The first-order chi connectivity index (χ1) is 18.8. The van der Waals surface area contributed by atoms with Gasteiger partial charge in [0.1, 0.15) is 11.4 Å². The molecule has 0 radical (unpaired) electrons. The first-order valence-corrected chi connectivity index (χ1v) is 13.7. The van der Waals surface area contributed by atoms with Crippen molar-refractivity contribution < 1.29 is 23.8 Å². The van der Waals surface area contributed by atoms with E-state index < -0.39 is 5.97 Å². The minimum absolute atomic E-state index is 0.290. The van der Waals surface area contributed by atoms with Crippen molar-refractivity contribution in [2.24, 2.45) is 0 Å². The molecule has 0 fully saturated rings. The first-order valence-electron chi connectivity index (χ1n) is 11.9. The van der Waals surface area contributed by atoms with Crippen molar-refractivity contribution in [2.45, 2.75) is 13.8 Å². The zero-order valence-corrected chi connectivity index (χ0v) is 24.9. The molecule has 0 aliphatic carbocycles. The molecule has 202 valence electrons. The fourth-order valence-corrected chi connectivity index (χ4v) is 5.16. The highest BCUT2D eigenvalue weighted by Crippen LogP contribution is 2.38. The molecule has 0 aliphatic rings. The zero-order valence-electron chi connectivity index (χ0n) is 21.2. The van der Waals surface area contributed by atoms with Gasteiger partial charge in [0, 0.05) is 49.2 Å². The average Bonchev–Trinajstić information content (AvgIpc) is 3.46. The van der Waals surface area contributed by atoms with Gasteiger partial charge in [-0.25, -0.2) is 14.6 Å². The lowest BCUT2D eigenvalue weighted by molar-refractivity contribution is 0.0511. The van der Waals surface area contributed by atoms with Crippen molar-refractivity contribution in [1.29, 1.82) is 0 Å². The van der Waals surface area contributed by atoms with E-state index in [1.165, 1.54) is 7.11 Å². The molecule has 0 saturated heterocycles. The van der Waals surface area contributed by atoms with E-state index in [0.717, 1.165) is 25.4 Å². The van der Waals surface area contributed by atoms with Gasteiger partial charge in [-0.2, -0.15) is 0 Å². The van der Waals surface area contributed by atoms with Gasteiger partial charge in [-0.3, -0.25) is 0 Å². The smallest absolute Gasteiger partial charge is 0.355 e. The normalized spacial score (nSPS) is 10.7. The maximum Gasteiger partial charge on any atom is 0.355 e. The highest BCUT2D eigenvalue weighted by Gasteiger charge is 2.23. The Morgan fingerprint density at radius 3 is 2.05 bits per heavy atom. The number of halogens is 3. The molecule has 0 saturated carbocycles. The standard InChI is InChI=1S/C17H15ClN2O3.C11H9ClINO2/c1-3-23-17(21)15-14(11-5-4-8-19-16(11)22-2)12-9-10(18)6-7-13(12)20-15;1-2-16-11(15)10-9(13)7-5-6(12)3-4-8(7)14-10/h4-9,20H,3H2,1-2H3;3-5,14H,2H2,1H3. The second-order valence-corrected chi connectivity index (χ2v) is 10.0. The van der Waals surface area contributed by atoms with Crippen LogP contribution in [-0.2, 0) is 9.47 Å². The summed E-state index contributed by atoms with van der Waals surface area (Å²) in [6, 6.07) is 14.5. The van der Waals surface area contributed by atoms with Crippen LogP contribution in [0, 0.1) is 3.57 Å². The molecule has 8 nitrogen and oxygen atoms in total. The summed E-state index contributed by atoms with van der Waals surface area (Å²) in [5.74, 6) is -0.334. The number of H-pyrrole nitrogens is 2. The number of rotatable bonds is 6. The quantitative estimate of drug-likeness (QED) is 0.141. The Bertz CT molecular complexity index is 1660. The highest BCUT2D eigenvalue weighted by molar-refractivity contribution is 14.1. The van der Waals surface area contributed by atoms with Crippen molar-refractivity contribution in [3.05, 3.63) is 79.7 Å². The number of hydrogen-bond donors (Lipinski definition) is 2. The van der Waals surface area contributed by atoms with Crippen LogP contribution in [0.5, 0.6) is 5.88 Å². The van der Waals surface area contributed by atoms with Crippen molar-refractivity contribution in [2.75, 3.05) is 20.3 Å². The molecule has 0 bridgehead atoms. The highest BCUT2D eigenvalue weighted by atomic mass is 127. The zero-order chi connectivity index (χ0) is 28.1. The minimum atomic E-state index is -0.430. The molecule has 3 aromatic heterocycles. The molecule has 5 rings (SSSR count). The molecule has 0 unspecified atom stereocenters. The van der Waals surface area contributed by atoms with E-state index in [1.807, 2.05) is 24.3 Å². The monoisotopic (exact) mass is 679 g/mol. The lowest BCUT2D eigenvalue weighted by Crippen LogP contribution is -2.06. The number of ether oxygens (including phenoxy) is 3. The Hall–Kier alpha value is -3.28. The summed E-state index contributed by atoms with van der Waals surface area (Å²) in [6.07, 6.45) is 1.63. The van der Waals surface area contributed by atoms with Crippen LogP contribution in [0.1, 0.15) is 34.8 Å². The topological polar surface area (TPSA) is 106 Å². The number of esters is 2. The summed E-state index contributed by atoms with van der Waals surface area (Å²) in [5.41, 5.74) is 3.89. The molecular formula is C28H24Cl2IN3O5. The van der Waals surface area contributed by atoms with Gasteiger partial charge in [0.05, 0.1) is 23.9 Å². The van der Waals surface area contributed by atoms with E-state index in [9.17, 15) is 9.59 Å². The minimum Gasteiger partial charge on any atom is -0.481 e. The number of aromatic amines is 2. The van der Waals surface area contributed by atoms with Crippen LogP contribution < -0.4 is 4.74 Å². The maximum absolute atomic E-state index is 12.3. The predicted octanol–water partition coefficient (Wildman–Crippen LogP) is 7.67. The number of aromatic nitrogens is 3. The van der Waals surface area contributed by atoms with Crippen LogP contribution in [0.25, 0.3) is 32.9 Å². The van der Waals surface area contributed by atoms with Crippen LogP contribution in [0.4, 0.5) is 0 Å². The summed E-state index contributed by atoms with van der Waals surface area (Å²) in [5, 5.41) is 2.99. The summed E-state index contributed by atoms with van der Waals surface area (Å²) in [6.45, 7) is 4.20. The third-order valence-corrected chi connectivity index (χ3v) is 7.24. The Morgan fingerprint density at radius 2 is 1.44 bits per heavy atom. The fraction of sp³-hybridized carbons (Fsp3) is 0.179. The number of benzene rings is 2. The number of fused-ring (bicyclic) bond motifs is 2. The van der Waals surface area contributed by atoms with Crippen molar-refractivity contribution in [3.8, 4) is 17.0 Å². The predicted molar refractivity (Wildman–Crippen MR) is 161 cm³/mol. The van der Waals surface area contributed by atoms with Gasteiger partial charge in [0.2, 0.25) is 5.88 Å². The number of carbonyl (C=O) groups excluding carboxylic acids is 2. The van der Waals surface area contributed by atoms with Crippen LogP contribution in [0.15, 0.2) is 54.7 Å². The third kappa shape index (κ3) is 6.15. The maximum atomic E-state index is 12.3. The number of pyridine rings is 1. The van der Waals surface area contributed by atoms with Gasteiger partial charge in [-0.15, -0.1) is 0 Å². The summed E-state index contributed by atoms with van der Waals surface area (Å²) in [7, 11) is 1.54. The van der Waals surface area contributed by atoms with Crippen LogP contribution in [0.3, 0.4) is 0 Å². The number of hydrogen-bond acceptors (Lipinski definition) is 6. The van der Waals surface area contributed by atoms with E-state index in [0.29, 0.717) is 51.7 Å². The Kier molecular flexibility index (Phi) is 9.36. The van der Waals surface area contributed by atoms with Crippen LogP contribution in [0.2, 0.25) is 10.0 Å². The SMILES string of the molecule is CCOC(=O)c1[nH]c2ccc(Cl)cc2c1-c1cccnc1OC.CCOC(=O)c1[nH]c2ccc(Cl)cc2c1I. The van der Waals surface area contributed by atoms with Gasteiger partial charge >= 0.3 is 11.9 Å². The molecule has 5 aromatic rings. The van der Waals surface area contributed by atoms with Crippen molar-refractivity contribution in [1.82, 2.24) is 15.0 Å². The average molecular weight is 680 g/mol. The van der Waals surface area contributed by atoms with Gasteiger partial charge in [-0.1, -0.05) is 23.2 Å². The third-order valence-electron chi connectivity index (χ3n) is 5.65. The van der Waals surface area contributed by atoms with Crippen molar-refractivity contribution >= 4 is 79.5 Å². The number of methoxy groups -OCH3 is 1. The number of carbonyl (C=O) groups is 2. The molecule has 0 amide bonds. The van der Waals surface area contributed by atoms with Gasteiger partial charge in [0.15, 0.2) is 0 Å². The summed E-state index contributed by atoms with van der Waals surface area (Å²) < 4.78 is 16.3. The van der Waals surface area contributed by atoms with E-state index in [2.05, 4.69) is 37.5 Å². The molecule has 0 aliphatic heterocycles. The van der Waals surface area contributed by atoms with E-state index >= 15 is 0 Å². The van der Waals surface area contributed by atoms with E-state index in [4.69, 9.17) is 37.4 Å². The molecule has 3 heterocycles. The number of nitrogens with zero attached hydrogens (tertiary/aromatic N) is 1. The molecule has 2 aromatic carbocycles. The first kappa shape index (κ1) is 28.7. The molecule has 0 atom stereocenters. The molecule has 2 N–H and O–H groups in total. The van der Waals surface area contributed by atoms with Crippen molar-refractivity contribution in [3.63, 3.8) is 0 Å². The lowest BCUT2D eigenvalue weighted by atomic mass is 10.0. The molecular weight excluding hydrogens is 656 g/mol. The molecule has 0 spiro atoms. The van der Waals surface area contributed by atoms with Crippen LogP contribution >= 0.6 is 45.8 Å². The summed E-state index contributed by atoms with van der Waals surface area (Å²) >= 11 is 14.1.